The molecule has 0 saturated carbocycles. The van der Waals surface area contributed by atoms with Crippen molar-refractivity contribution < 1.29 is 83.8 Å². The van der Waals surface area contributed by atoms with E-state index in [0.717, 1.165) is 11.1 Å². The minimum atomic E-state index is -5.07. The fourth-order valence-corrected chi connectivity index (χ4v) is 16.5. The number of hydrogen-bond acceptors (Lipinski definition) is 18. The molecular weight excluding hydrogens is 1270 g/mol. The van der Waals surface area contributed by atoms with E-state index in [1.807, 2.05) is 80.5 Å². The third kappa shape index (κ3) is 14.6. The number of nitrogens with one attached hydrogen (secondary N) is 1. The van der Waals surface area contributed by atoms with E-state index in [2.05, 4.69) is 10.3 Å². The maximum atomic E-state index is 14.4. The topological polar surface area (TPSA) is 486 Å². The van der Waals surface area contributed by atoms with Gasteiger partial charge in [0, 0.05) is 125 Å². The number of allylic oxidation sites excluding steroid dienone is 6. The first kappa shape index (κ1) is 75.0. The number of imidazole rings is 1. The third-order valence-electron chi connectivity index (χ3n) is 20.5. The summed E-state index contributed by atoms with van der Waals surface area (Å²) in [6, 6.07) is 2.68. The predicted octanol–water partition coefficient (Wildman–Crippen LogP) is 4.04. The van der Waals surface area contributed by atoms with Crippen molar-refractivity contribution in [2.45, 2.75) is 189 Å². The van der Waals surface area contributed by atoms with E-state index in [1.54, 1.807) is 11.5 Å². The Labute approximate surface area is 551 Å². The number of aryl methyl sites for hydroxylation is 2. The molecule has 2 saturated heterocycles. The number of aliphatic hydroxyl groups is 2. The predicted molar refractivity (Wildman–Crippen MR) is 339 cm³/mol. The number of carbonyl (C=O) groups excluding carboxylic acids is 7. The summed E-state index contributed by atoms with van der Waals surface area (Å²) in [5, 5.41) is 36.5. The van der Waals surface area contributed by atoms with Crippen LogP contribution < -0.4 is 39.7 Å². The Morgan fingerprint density at radius 1 is 0.796 bits per heavy atom. The monoisotopic (exact) mass is 1360 g/mol. The average Bonchev–Trinajstić information content (AvgIpc) is 1.53. The largest absolute Gasteiger partial charge is 0.682 e. The van der Waals surface area contributed by atoms with Crippen molar-refractivity contribution in [3.63, 3.8) is 0 Å². The third-order valence-corrected chi connectivity index (χ3v) is 21.6. The van der Waals surface area contributed by atoms with Crippen LogP contribution in [0.4, 0.5) is 0 Å². The Kier molecular flexibility index (Phi) is 23.0. The Balaban J connectivity index is 0.00000453. The number of aliphatic imine (C=N–C) groups is 3. The summed E-state index contributed by atoms with van der Waals surface area (Å²) in [6.45, 7) is 23.9. The molecule has 1 radical (unpaired) electrons. The Morgan fingerprint density at radius 2 is 1.38 bits per heavy atom. The van der Waals surface area contributed by atoms with E-state index >= 15 is 0 Å². The number of primary amides is 6. The fraction of sp³-hybridized carbons (Fsp3) is 0.619. The van der Waals surface area contributed by atoms with Crippen molar-refractivity contribution in [1.82, 2.24) is 14.9 Å². The molecule has 2 fully saturated rings. The number of nitrogens with two attached hydrogens (primary N) is 6. The average molecular weight is 1360 g/mol. The van der Waals surface area contributed by atoms with Gasteiger partial charge in [0.05, 0.1) is 41.3 Å². The van der Waals surface area contributed by atoms with Crippen molar-refractivity contribution in [1.29, 1.82) is 5.26 Å². The maximum Gasteiger partial charge on any atom is 0.472 e. The summed E-state index contributed by atoms with van der Waals surface area (Å²) in [7, 11) is -5.07. The van der Waals surface area contributed by atoms with Crippen LogP contribution in [0.5, 0.6) is 0 Å². The molecule has 7 heterocycles. The van der Waals surface area contributed by atoms with Crippen LogP contribution in [0.3, 0.4) is 0 Å². The molecule has 511 valence electrons. The van der Waals surface area contributed by atoms with Gasteiger partial charge in [0.15, 0.2) is 6.23 Å². The number of carbonyl (C=O) groups is 7. The van der Waals surface area contributed by atoms with Gasteiger partial charge in [-0.15, -0.1) is 0 Å². The van der Waals surface area contributed by atoms with E-state index in [0.29, 0.717) is 56.4 Å². The molecule has 1 unspecified atom stereocenters. The van der Waals surface area contributed by atoms with Crippen molar-refractivity contribution in [3.8, 4) is 0 Å². The Hall–Kier alpha value is -7.00. The van der Waals surface area contributed by atoms with Crippen LogP contribution in [0.25, 0.3) is 16.4 Å². The minimum absolute atomic E-state index is 0. The van der Waals surface area contributed by atoms with Crippen molar-refractivity contribution in [2.75, 3.05) is 13.2 Å². The summed E-state index contributed by atoms with van der Waals surface area (Å²) in [4.78, 5) is 125. The number of benzene rings is 1. The number of phosphoric ester groups is 1. The van der Waals surface area contributed by atoms with Gasteiger partial charge >= 0.3 is 7.82 Å². The Bertz CT molecular complexity index is 3600. The van der Waals surface area contributed by atoms with Crippen molar-refractivity contribution in [3.05, 3.63) is 75.8 Å². The number of aromatic nitrogens is 2. The van der Waals surface area contributed by atoms with Crippen LogP contribution in [0.2, 0.25) is 0 Å². The van der Waals surface area contributed by atoms with E-state index in [-0.39, 0.29) is 94.0 Å². The molecule has 6 aliphatic heterocycles. The second-order valence-electron chi connectivity index (χ2n) is 27.0. The van der Waals surface area contributed by atoms with Gasteiger partial charge in [-0.2, -0.15) is 5.70 Å². The number of amides is 7. The molecule has 7 amide bonds. The molecule has 30 heteroatoms. The normalized spacial score (nSPS) is 33.1. The fourth-order valence-electron chi connectivity index (χ4n) is 15.3. The van der Waals surface area contributed by atoms with Crippen LogP contribution in [0, 0.1) is 71.0 Å². The summed E-state index contributed by atoms with van der Waals surface area (Å²) in [5.74, 6) is -7.34. The van der Waals surface area contributed by atoms with Gasteiger partial charge in [0.25, 0.3) is 0 Å². The zero-order chi connectivity index (χ0) is 68.7. The van der Waals surface area contributed by atoms with Crippen molar-refractivity contribution in [2.24, 2.45) is 94.7 Å². The second kappa shape index (κ2) is 28.5. The van der Waals surface area contributed by atoms with Gasteiger partial charge in [-0.1, -0.05) is 40.7 Å². The van der Waals surface area contributed by atoms with Crippen LogP contribution in [-0.4, -0.2) is 132 Å². The molecule has 8 bridgehead atoms. The molecule has 6 aliphatic rings. The standard InChI is InChI=1S/C62H90N13O14P.CN.Co/c1-29-20-39-40(21-30(29)2)75(28-70-39)57-52(84)53(41(27-76)87-57)89-90(85,86)88-31(3)26-69-49(83)18-19-59(8)37(22-46(66)80)56-62(11)61(10,25-48(68)82)36(14-17-45(65)79)51(74-62)33(5)55-60(9,24-47(67)81)34(12-15-43(63)77)38(71-55)23-42-58(6,7)35(13-16-44(64)78)50(72-42)32(4)54(59)73-56;1-2;/h20-21,23,28,31,34-37,41,52-53,56-57,76,84H,12-19,22,24-27H2,1-11H3,(H15,63,64,65,66,67,68,69,71,72,73,74,77,78,79,80,81,82,83,85,86);;/q;-1;/p-1/t31-,34-,35-,36-,37+,41-,52-,53-,56-,57+,59-,60+,61+,62+;;/m1../s1. The number of ether oxygens (including phenoxy) is 1. The number of fused-ring (bicyclic) bond motifs is 7. The first-order valence-electron chi connectivity index (χ1n) is 30.7. The van der Waals surface area contributed by atoms with Crippen LogP contribution >= 0.6 is 7.82 Å². The van der Waals surface area contributed by atoms with Crippen molar-refractivity contribution >= 4 is 77.3 Å². The van der Waals surface area contributed by atoms with E-state index in [9.17, 15) is 53.2 Å². The van der Waals surface area contributed by atoms with Gasteiger partial charge in [0.2, 0.25) is 41.4 Å². The quantitative estimate of drug-likeness (QED) is 0.0469. The van der Waals surface area contributed by atoms with Crippen LogP contribution in [-0.2, 0) is 68.7 Å². The molecule has 93 heavy (non-hydrogen) atoms. The van der Waals surface area contributed by atoms with Crippen LogP contribution in [0.15, 0.2) is 67.8 Å². The van der Waals surface area contributed by atoms with Gasteiger partial charge in [0.1, 0.15) is 18.3 Å². The molecule has 1 aromatic carbocycles. The molecule has 0 spiro atoms. The minimum Gasteiger partial charge on any atom is -0.682 e. The number of phosphoric acid groups is 1. The van der Waals surface area contributed by atoms with E-state index in [1.165, 1.54) is 13.3 Å². The molecule has 2 aromatic rings. The molecule has 8 rings (SSSR count). The molecule has 1 aromatic heterocycles. The number of hydrogen-bond donors (Lipinski definition) is 10. The number of rotatable bonds is 26. The smallest absolute Gasteiger partial charge is 0.472 e. The first-order chi connectivity index (χ1) is 42.8. The molecule has 15 atom stereocenters. The molecular formula is C63H89CoN14O14P-2. The van der Waals surface area contributed by atoms with Gasteiger partial charge < -0.3 is 81.3 Å². The number of aliphatic hydroxyl groups excluding tert-OH is 2. The van der Waals surface area contributed by atoms with Gasteiger partial charge in [-0.3, -0.25) is 57.6 Å². The zero-order valence-electron chi connectivity index (χ0n) is 54.5. The van der Waals surface area contributed by atoms with E-state index < -0.39 is 143 Å². The zero-order valence-corrected chi connectivity index (χ0v) is 56.4. The SMILES string of the molecule is C/C1=C2/[N-][C@H]([C@H](CC(N)=O)[C@@]2(C)CCC(=O)NC[C@@H](C)OP(=O)(O)O[C@H]2[C@@H](O)[C@@H](n3cnc4cc(C)c(C)cc43)O[C@@H]2CO)[C@]2(C)N=C(/C(C)=C3N=C(/C=C4N=C1[C@@H](CCC(N)=O)C\4(C)C)[C@@H](CCC(N)=O)[C@]\3(C)CC(N)=O)[C@@H](CCC(N)=O)[C@]2(C)CC(N)=O.[C-]#N.[Co]. The van der Waals surface area contributed by atoms with E-state index in [4.69, 9.17) is 80.3 Å². The van der Waals surface area contributed by atoms with Gasteiger partial charge in [-0.25, -0.2) is 9.55 Å². The molecule has 0 aliphatic carbocycles. The number of nitrogens with zero attached hydrogens (tertiary/aromatic N) is 7. The Morgan fingerprint density at radius 3 is 1.95 bits per heavy atom. The summed E-state index contributed by atoms with van der Waals surface area (Å²) in [5.41, 5.74) is 36.8. The van der Waals surface area contributed by atoms with Gasteiger partial charge in [-0.05, 0) is 119 Å². The summed E-state index contributed by atoms with van der Waals surface area (Å²) >= 11 is 0. The first-order valence-corrected chi connectivity index (χ1v) is 32.2. The molecule has 28 nitrogen and oxygen atoms in total. The summed E-state index contributed by atoms with van der Waals surface area (Å²) in [6.07, 6.45) is -4.47. The molecule has 16 N–H and O–H groups in total. The maximum absolute atomic E-state index is 14.4. The summed E-state index contributed by atoms with van der Waals surface area (Å²) < 4.78 is 32.3. The second-order valence-corrected chi connectivity index (χ2v) is 28.4. The van der Waals surface area contributed by atoms with Crippen LogP contribution in [0.1, 0.15) is 150 Å².